The predicted octanol–water partition coefficient (Wildman–Crippen LogP) is 3.84. The number of rotatable bonds is 5. The Morgan fingerprint density at radius 1 is 1.28 bits per heavy atom. The summed E-state index contributed by atoms with van der Waals surface area (Å²) in [6.07, 6.45) is 0.507. The second-order valence-electron chi connectivity index (χ2n) is 6.85. The van der Waals surface area contributed by atoms with Gasteiger partial charge in [-0.15, -0.1) is 0 Å². The molecule has 0 radical (unpaired) electrons. The fourth-order valence-electron chi connectivity index (χ4n) is 2.97. The molecule has 1 aromatic carbocycles. The van der Waals surface area contributed by atoms with Crippen molar-refractivity contribution in [2.75, 3.05) is 0 Å². The Morgan fingerprint density at radius 2 is 1.96 bits per heavy atom. The summed E-state index contributed by atoms with van der Waals surface area (Å²) in [6.45, 7) is 7.51. The molecule has 0 unspecified atom stereocenters. The normalized spacial score (nSPS) is 11.7. The van der Waals surface area contributed by atoms with E-state index in [0.29, 0.717) is 23.8 Å². The summed E-state index contributed by atoms with van der Waals surface area (Å²) in [7, 11) is 0. The largest absolute Gasteiger partial charge is 0.465 e. The molecule has 0 amide bonds. The minimum absolute atomic E-state index is 0.420. The third-order valence-corrected chi connectivity index (χ3v) is 4.66. The van der Waals surface area contributed by atoms with Crippen molar-refractivity contribution in [2.24, 2.45) is 0 Å². The van der Waals surface area contributed by atoms with Crippen molar-refractivity contribution < 1.29 is 4.21 Å². The topological polar surface area (TPSA) is 71.1 Å². The molecule has 3 aromatic rings. The molecule has 0 spiro atoms. The first-order valence-electron chi connectivity index (χ1n) is 8.13. The Labute approximate surface area is 151 Å². The fraction of sp³-hybridized carbons (Fsp3) is 0.316. The van der Waals surface area contributed by atoms with Gasteiger partial charge in [0.25, 0.3) is 0 Å². The molecule has 0 aliphatic heterocycles. The van der Waals surface area contributed by atoms with Gasteiger partial charge in [0.2, 0.25) is 4.75 Å². The molecule has 0 aliphatic rings. The number of aryl methyl sites for hydroxylation is 1. The molecule has 25 heavy (non-hydrogen) atoms. The summed E-state index contributed by atoms with van der Waals surface area (Å²) < 4.78 is 12.8. The van der Waals surface area contributed by atoms with E-state index in [1.165, 1.54) is 0 Å². The first-order chi connectivity index (χ1) is 11.8. The molecular formula is C19H21N4OS+. The van der Waals surface area contributed by atoms with Crippen LogP contribution >= 0.6 is 0 Å². The maximum Gasteiger partial charge on any atom is 0.465 e. The molecule has 128 valence electrons. The summed E-state index contributed by atoms with van der Waals surface area (Å²) in [5.41, 5.74) is 5.36. The van der Waals surface area contributed by atoms with Crippen LogP contribution in [0.1, 0.15) is 37.7 Å². The lowest BCUT2D eigenvalue weighted by atomic mass is 9.96. The predicted molar refractivity (Wildman–Crippen MR) is 101 cm³/mol. The van der Waals surface area contributed by atoms with Gasteiger partial charge in [0.05, 0.1) is 23.5 Å². The van der Waals surface area contributed by atoms with Crippen LogP contribution in [0.2, 0.25) is 0 Å². The number of hydrogen-bond donors (Lipinski definition) is 1. The van der Waals surface area contributed by atoms with Crippen molar-refractivity contribution in [3.8, 4) is 11.3 Å². The van der Waals surface area contributed by atoms with Crippen molar-refractivity contribution in [1.29, 1.82) is 5.41 Å². The average molecular weight is 353 g/mol. The van der Waals surface area contributed by atoms with E-state index in [2.05, 4.69) is 5.10 Å². The number of nitrogens with one attached hydrogen (secondary N) is 1. The van der Waals surface area contributed by atoms with Crippen LogP contribution in [0.5, 0.6) is 0 Å². The van der Waals surface area contributed by atoms with Gasteiger partial charge < -0.3 is 5.41 Å². The minimum Gasteiger partial charge on any atom is -0.305 e. The maximum absolute atomic E-state index is 11.6. The van der Waals surface area contributed by atoms with E-state index in [9.17, 15) is 4.21 Å². The molecule has 0 aliphatic carbocycles. The zero-order chi connectivity index (χ0) is 18.2. The van der Waals surface area contributed by atoms with Gasteiger partial charge in [-0.2, -0.15) is 5.10 Å². The van der Waals surface area contributed by atoms with Gasteiger partial charge in [-0.25, -0.2) is 9.50 Å². The standard InChI is InChI=1S/C19H21N4OS/c1-12-10-16-21-18(14-8-6-5-7-9-14)17(13(2)20)15(23(16)22-12)11-19(3,4)25-24/h5-10,20H,11H2,1-4H3/q+1. The number of nitrogens with zero attached hydrogens (tertiary/aromatic N) is 3. The van der Waals surface area contributed by atoms with Gasteiger partial charge in [0.15, 0.2) is 5.65 Å². The highest BCUT2D eigenvalue weighted by atomic mass is 32.1. The van der Waals surface area contributed by atoms with Crippen molar-refractivity contribution in [3.05, 3.63) is 53.3 Å². The SMILES string of the molecule is CC(=N)c1c(-c2ccccc2)nc2cc(C)nn2c1CC(C)(C)[S+]=O. The van der Waals surface area contributed by atoms with E-state index < -0.39 is 4.75 Å². The summed E-state index contributed by atoms with van der Waals surface area (Å²) in [6, 6.07) is 11.8. The average Bonchev–Trinajstić information content (AvgIpc) is 2.95. The molecule has 3 rings (SSSR count). The van der Waals surface area contributed by atoms with E-state index in [1.807, 2.05) is 57.2 Å². The van der Waals surface area contributed by atoms with Gasteiger partial charge >= 0.3 is 11.7 Å². The highest BCUT2D eigenvalue weighted by Crippen LogP contribution is 2.29. The molecule has 0 saturated carbocycles. The molecular weight excluding hydrogens is 332 g/mol. The second kappa shape index (κ2) is 6.44. The zero-order valence-electron chi connectivity index (χ0n) is 14.8. The zero-order valence-corrected chi connectivity index (χ0v) is 15.6. The van der Waals surface area contributed by atoms with Crippen LogP contribution in [0.15, 0.2) is 36.4 Å². The molecule has 2 aromatic heterocycles. The van der Waals surface area contributed by atoms with E-state index in [4.69, 9.17) is 10.4 Å². The van der Waals surface area contributed by atoms with Crippen LogP contribution in [0.4, 0.5) is 0 Å². The van der Waals surface area contributed by atoms with Crippen molar-refractivity contribution >= 4 is 23.0 Å². The number of benzene rings is 1. The van der Waals surface area contributed by atoms with Crippen LogP contribution in [0.25, 0.3) is 16.9 Å². The highest BCUT2D eigenvalue weighted by molar-refractivity contribution is 7.67. The van der Waals surface area contributed by atoms with Crippen LogP contribution < -0.4 is 0 Å². The molecule has 0 saturated heterocycles. The Bertz CT molecular complexity index is 960. The fourth-order valence-corrected chi connectivity index (χ4v) is 3.17. The van der Waals surface area contributed by atoms with Crippen LogP contribution in [-0.4, -0.2) is 25.1 Å². The first-order valence-corrected chi connectivity index (χ1v) is 8.88. The summed E-state index contributed by atoms with van der Waals surface area (Å²) in [5, 5.41) is 12.9. The number of aromatic nitrogens is 3. The quantitative estimate of drug-likeness (QED) is 0.559. The molecule has 0 atom stereocenters. The molecule has 5 nitrogen and oxygen atoms in total. The molecule has 2 heterocycles. The first kappa shape index (κ1) is 17.4. The van der Waals surface area contributed by atoms with Gasteiger partial charge in [0.1, 0.15) is 0 Å². The number of hydrogen-bond acceptors (Lipinski definition) is 4. The monoisotopic (exact) mass is 353 g/mol. The maximum atomic E-state index is 11.6. The molecule has 0 fully saturated rings. The van der Waals surface area contributed by atoms with Crippen molar-refractivity contribution in [3.63, 3.8) is 0 Å². The van der Waals surface area contributed by atoms with Gasteiger partial charge in [-0.3, -0.25) is 0 Å². The van der Waals surface area contributed by atoms with E-state index in [0.717, 1.165) is 33.9 Å². The van der Waals surface area contributed by atoms with Gasteiger partial charge in [-0.1, -0.05) is 30.3 Å². The van der Waals surface area contributed by atoms with Crippen LogP contribution in [0.3, 0.4) is 0 Å². The van der Waals surface area contributed by atoms with E-state index >= 15 is 0 Å². The van der Waals surface area contributed by atoms with E-state index in [1.54, 1.807) is 11.4 Å². The minimum atomic E-state index is -0.508. The lowest BCUT2D eigenvalue weighted by Crippen LogP contribution is -2.25. The van der Waals surface area contributed by atoms with Crippen molar-refractivity contribution in [2.45, 2.75) is 38.9 Å². The molecule has 6 heteroatoms. The summed E-state index contributed by atoms with van der Waals surface area (Å²) in [5.74, 6) is 0. The van der Waals surface area contributed by atoms with E-state index in [-0.39, 0.29) is 0 Å². The lowest BCUT2D eigenvalue weighted by molar-refractivity contribution is 0.572. The summed E-state index contributed by atoms with van der Waals surface area (Å²) in [4.78, 5) is 4.78. The van der Waals surface area contributed by atoms with Crippen LogP contribution in [-0.2, 0) is 22.3 Å². The van der Waals surface area contributed by atoms with Gasteiger partial charge in [-0.05, 0) is 13.8 Å². The lowest BCUT2D eigenvalue weighted by Gasteiger charge is -2.17. The molecule has 0 bridgehead atoms. The van der Waals surface area contributed by atoms with Gasteiger partial charge in [0, 0.05) is 41.0 Å². The van der Waals surface area contributed by atoms with Crippen LogP contribution in [0, 0.1) is 12.3 Å². The second-order valence-corrected chi connectivity index (χ2v) is 8.12. The smallest absolute Gasteiger partial charge is 0.305 e. The Kier molecular flexibility index (Phi) is 4.47. The third kappa shape index (κ3) is 3.35. The Balaban J connectivity index is 2.39. The Morgan fingerprint density at radius 3 is 2.56 bits per heavy atom. The van der Waals surface area contributed by atoms with Crippen molar-refractivity contribution in [1.82, 2.24) is 14.6 Å². The molecule has 1 N–H and O–H groups in total. The summed E-state index contributed by atoms with van der Waals surface area (Å²) >= 11 is 0.577. The Hall–Kier alpha value is -2.47. The third-order valence-electron chi connectivity index (χ3n) is 4.06. The highest BCUT2D eigenvalue weighted by Gasteiger charge is 2.36. The number of fused-ring (bicyclic) bond motifs is 1.